The van der Waals surface area contributed by atoms with E-state index in [2.05, 4.69) is 43.1 Å². The third kappa shape index (κ3) is 4.98. The summed E-state index contributed by atoms with van der Waals surface area (Å²) in [6, 6.07) is 30.4. The van der Waals surface area contributed by atoms with Crippen molar-refractivity contribution in [3.8, 4) is 0 Å². The smallest absolute Gasteiger partial charge is 0.118 e. The standard InChI is InChI=1S/C24H27NO.ClH/c1-20(18-25(2)19-21-12-6-3-7-13-21)24(26,22-14-8-4-9-15-22)23-16-10-5-11-17-23;/h3-17,20,26H,18-19H2,1-2H3;1H. The molecular formula is C24H28ClNO. The lowest BCUT2D eigenvalue weighted by atomic mass is 9.76. The molecule has 0 heterocycles. The molecule has 0 radical (unpaired) electrons. The van der Waals surface area contributed by atoms with Crippen molar-refractivity contribution in [2.24, 2.45) is 5.92 Å². The number of rotatable bonds is 7. The van der Waals surface area contributed by atoms with Gasteiger partial charge in [0.15, 0.2) is 0 Å². The van der Waals surface area contributed by atoms with Crippen molar-refractivity contribution >= 4 is 12.4 Å². The van der Waals surface area contributed by atoms with Crippen LogP contribution >= 0.6 is 12.4 Å². The maximum Gasteiger partial charge on any atom is 0.118 e. The highest BCUT2D eigenvalue weighted by Gasteiger charge is 2.37. The summed E-state index contributed by atoms with van der Waals surface area (Å²) in [4.78, 5) is 2.27. The first-order chi connectivity index (χ1) is 12.6. The molecule has 0 saturated carbocycles. The highest BCUT2D eigenvalue weighted by Crippen LogP contribution is 2.37. The molecule has 3 heteroatoms. The predicted octanol–water partition coefficient (Wildman–Crippen LogP) is 5.11. The summed E-state index contributed by atoms with van der Waals surface area (Å²) >= 11 is 0. The summed E-state index contributed by atoms with van der Waals surface area (Å²) in [5.74, 6) is 0.0287. The Morgan fingerprint density at radius 3 is 1.63 bits per heavy atom. The van der Waals surface area contributed by atoms with Crippen LogP contribution in [0.15, 0.2) is 91.0 Å². The molecule has 142 valence electrons. The van der Waals surface area contributed by atoms with Crippen LogP contribution in [0.25, 0.3) is 0 Å². The van der Waals surface area contributed by atoms with Gasteiger partial charge < -0.3 is 10.0 Å². The Labute approximate surface area is 168 Å². The number of halogens is 1. The Morgan fingerprint density at radius 1 is 0.778 bits per heavy atom. The van der Waals surface area contributed by atoms with Gasteiger partial charge in [0.05, 0.1) is 0 Å². The average Bonchev–Trinajstić information content (AvgIpc) is 2.69. The topological polar surface area (TPSA) is 23.5 Å². The third-order valence-corrected chi connectivity index (χ3v) is 5.02. The lowest BCUT2D eigenvalue weighted by Gasteiger charge is -2.37. The summed E-state index contributed by atoms with van der Waals surface area (Å²) in [5.41, 5.74) is 2.14. The number of hydrogen-bond acceptors (Lipinski definition) is 2. The molecule has 0 aromatic heterocycles. The van der Waals surface area contributed by atoms with E-state index in [0.29, 0.717) is 0 Å². The maximum atomic E-state index is 11.8. The third-order valence-electron chi connectivity index (χ3n) is 5.02. The molecule has 0 aliphatic rings. The van der Waals surface area contributed by atoms with Gasteiger partial charge in [0.25, 0.3) is 0 Å². The second-order valence-corrected chi connectivity index (χ2v) is 7.08. The molecule has 3 rings (SSSR count). The predicted molar refractivity (Wildman–Crippen MR) is 115 cm³/mol. The fourth-order valence-corrected chi connectivity index (χ4v) is 3.68. The summed E-state index contributed by atoms with van der Waals surface area (Å²) in [7, 11) is 2.11. The van der Waals surface area contributed by atoms with Gasteiger partial charge in [0.1, 0.15) is 5.60 Å². The summed E-state index contributed by atoms with van der Waals surface area (Å²) in [6.07, 6.45) is 0. The molecular weight excluding hydrogens is 354 g/mol. The van der Waals surface area contributed by atoms with Crippen LogP contribution in [-0.2, 0) is 12.1 Å². The fourth-order valence-electron chi connectivity index (χ4n) is 3.68. The monoisotopic (exact) mass is 381 g/mol. The van der Waals surface area contributed by atoms with E-state index in [1.165, 1.54) is 5.56 Å². The van der Waals surface area contributed by atoms with E-state index in [0.717, 1.165) is 24.2 Å². The molecule has 0 aliphatic carbocycles. The zero-order valence-corrected chi connectivity index (χ0v) is 16.8. The first kappa shape index (κ1) is 21.2. The molecule has 1 atom stereocenters. The van der Waals surface area contributed by atoms with E-state index >= 15 is 0 Å². The fraction of sp³-hybridized carbons (Fsp3) is 0.250. The van der Waals surface area contributed by atoms with E-state index in [1.54, 1.807) is 0 Å². The summed E-state index contributed by atoms with van der Waals surface area (Å²) < 4.78 is 0. The molecule has 0 spiro atoms. The second kappa shape index (κ2) is 9.70. The Kier molecular flexibility index (Phi) is 7.61. The van der Waals surface area contributed by atoms with Crippen molar-refractivity contribution in [2.75, 3.05) is 13.6 Å². The maximum absolute atomic E-state index is 11.8. The van der Waals surface area contributed by atoms with Crippen LogP contribution in [0.5, 0.6) is 0 Å². The van der Waals surface area contributed by atoms with Crippen molar-refractivity contribution in [3.63, 3.8) is 0 Å². The van der Waals surface area contributed by atoms with Crippen LogP contribution in [-0.4, -0.2) is 23.6 Å². The Balaban J connectivity index is 0.00000261. The van der Waals surface area contributed by atoms with Gasteiger partial charge in [-0.1, -0.05) is 97.9 Å². The van der Waals surface area contributed by atoms with E-state index in [9.17, 15) is 5.11 Å². The van der Waals surface area contributed by atoms with E-state index < -0.39 is 5.60 Å². The molecule has 3 aromatic rings. The van der Waals surface area contributed by atoms with Crippen molar-refractivity contribution in [1.29, 1.82) is 0 Å². The van der Waals surface area contributed by atoms with Crippen LogP contribution in [0.4, 0.5) is 0 Å². The number of hydrogen-bond donors (Lipinski definition) is 1. The molecule has 0 aliphatic heterocycles. The van der Waals surface area contributed by atoms with Crippen molar-refractivity contribution in [3.05, 3.63) is 108 Å². The SMILES string of the molecule is CC(CN(C)Cc1ccccc1)C(O)(c1ccccc1)c1ccccc1.Cl. The van der Waals surface area contributed by atoms with Gasteiger partial charge in [-0.15, -0.1) is 12.4 Å². The molecule has 2 nitrogen and oxygen atoms in total. The molecule has 3 aromatic carbocycles. The van der Waals surface area contributed by atoms with Gasteiger partial charge in [-0.2, -0.15) is 0 Å². The van der Waals surface area contributed by atoms with Gasteiger partial charge in [-0.3, -0.25) is 0 Å². The summed E-state index contributed by atoms with van der Waals surface area (Å²) in [5, 5.41) is 11.8. The normalized spacial score (nSPS) is 12.4. The number of aliphatic hydroxyl groups is 1. The molecule has 1 N–H and O–H groups in total. The minimum Gasteiger partial charge on any atom is -0.380 e. The Hall–Kier alpha value is -2.13. The average molecular weight is 382 g/mol. The highest BCUT2D eigenvalue weighted by molar-refractivity contribution is 5.85. The lowest BCUT2D eigenvalue weighted by molar-refractivity contribution is 0.00975. The van der Waals surface area contributed by atoms with Crippen molar-refractivity contribution in [2.45, 2.75) is 19.1 Å². The zero-order valence-electron chi connectivity index (χ0n) is 16.0. The van der Waals surface area contributed by atoms with E-state index in [4.69, 9.17) is 0 Å². The van der Waals surface area contributed by atoms with E-state index in [1.807, 2.05) is 66.7 Å². The van der Waals surface area contributed by atoms with Crippen LogP contribution < -0.4 is 0 Å². The largest absolute Gasteiger partial charge is 0.380 e. The van der Waals surface area contributed by atoms with Gasteiger partial charge in [0, 0.05) is 19.0 Å². The zero-order chi connectivity index (χ0) is 18.4. The van der Waals surface area contributed by atoms with Gasteiger partial charge in [-0.05, 0) is 23.7 Å². The number of nitrogens with zero attached hydrogens (tertiary/aromatic N) is 1. The minimum absolute atomic E-state index is 0. The number of benzene rings is 3. The molecule has 27 heavy (non-hydrogen) atoms. The molecule has 1 unspecified atom stereocenters. The van der Waals surface area contributed by atoms with Crippen LogP contribution in [0.2, 0.25) is 0 Å². The van der Waals surface area contributed by atoms with Crippen LogP contribution in [0, 0.1) is 5.92 Å². The van der Waals surface area contributed by atoms with Gasteiger partial charge in [0.2, 0.25) is 0 Å². The van der Waals surface area contributed by atoms with Gasteiger partial charge in [-0.25, -0.2) is 0 Å². The minimum atomic E-state index is -1.02. The molecule has 0 fully saturated rings. The van der Waals surface area contributed by atoms with Crippen molar-refractivity contribution < 1.29 is 5.11 Å². The lowest BCUT2D eigenvalue weighted by Crippen LogP contribution is -2.40. The molecule has 0 amide bonds. The van der Waals surface area contributed by atoms with Gasteiger partial charge >= 0.3 is 0 Å². The molecule has 0 saturated heterocycles. The molecule has 0 bridgehead atoms. The van der Waals surface area contributed by atoms with Crippen LogP contribution in [0.1, 0.15) is 23.6 Å². The quantitative estimate of drug-likeness (QED) is 0.614. The highest BCUT2D eigenvalue weighted by atomic mass is 35.5. The first-order valence-electron chi connectivity index (χ1n) is 9.16. The van der Waals surface area contributed by atoms with Crippen molar-refractivity contribution in [1.82, 2.24) is 4.90 Å². The van der Waals surface area contributed by atoms with Crippen LogP contribution in [0.3, 0.4) is 0 Å². The summed E-state index contributed by atoms with van der Waals surface area (Å²) in [6.45, 7) is 3.78. The Bertz CT molecular complexity index is 753. The van der Waals surface area contributed by atoms with E-state index in [-0.39, 0.29) is 18.3 Å². The Morgan fingerprint density at radius 2 is 1.19 bits per heavy atom. The first-order valence-corrected chi connectivity index (χ1v) is 9.16. The second-order valence-electron chi connectivity index (χ2n) is 7.08.